The zero-order valence-electron chi connectivity index (χ0n) is 24.4. The van der Waals surface area contributed by atoms with Crippen LogP contribution in [0.5, 0.6) is 11.5 Å². The van der Waals surface area contributed by atoms with Gasteiger partial charge in [0.25, 0.3) is 0 Å². The number of anilines is 1. The van der Waals surface area contributed by atoms with E-state index in [1.807, 2.05) is 50.2 Å². The van der Waals surface area contributed by atoms with Crippen LogP contribution in [0.3, 0.4) is 0 Å². The zero-order chi connectivity index (χ0) is 28.6. The Balaban J connectivity index is 1.81. The number of rotatable bonds is 11. The van der Waals surface area contributed by atoms with E-state index in [1.54, 1.807) is 0 Å². The quantitative estimate of drug-likeness (QED) is 0.166. The molecule has 0 bridgehead atoms. The maximum Gasteiger partial charge on any atom is 0.128 e. The molecule has 5 rings (SSSR count). The first-order valence-electron chi connectivity index (χ1n) is 14.6. The van der Waals surface area contributed by atoms with Crippen molar-refractivity contribution in [1.82, 2.24) is 4.98 Å². The van der Waals surface area contributed by atoms with Gasteiger partial charge in [0, 0.05) is 29.9 Å². The van der Waals surface area contributed by atoms with E-state index in [4.69, 9.17) is 14.5 Å². The highest BCUT2D eigenvalue weighted by Gasteiger charge is 2.18. The number of para-hydroxylation sites is 2. The van der Waals surface area contributed by atoms with Crippen LogP contribution in [0.25, 0.3) is 44.8 Å². The van der Waals surface area contributed by atoms with Gasteiger partial charge in [-0.25, -0.2) is 4.98 Å². The predicted octanol–water partition coefficient (Wildman–Crippen LogP) is 9.39. The molecule has 0 atom stereocenters. The van der Waals surface area contributed by atoms with Crippen LogP contribution in [0.1, 0.15) is 27.7 Å². The average molecular weight is 543 g/mol. The van der Waals surface area contributed by atoms with Crippen LogP contribution in [0.2, 0.25) is 0 Å². The van der Waals surface area contributed by atoms with Gasteiger partial charge < -0.3 is 14.4 Å². The number of hydrogen-bond acceptors (Lipinski definition) is 4. The molecule has 0 aliphatic rings. The molecule has 0 amide bonds. The molecule has 0 aliphatic heterocycles. The minimum atomic E-state index is 0.584. The summed E-state index contributed by atoms with van der Waals surface area (Å²) in [6.07, 6.45) is 0. The van der Waals surface area contributed by atoms with Crippen LogP contribution in [0.4, 0.5) is 5.69 Å². The minimum absolute atomic E-state index is 0.584. The Morgan fingerprint density at radius 3 is 1.59 bits per heavy atom. The molecule has 0 N–H and O–H groups in total. The number of pyridine rings is 1. The lowest BCUT2D eigenvalue weighted by Crippen LogP contribution is -2.21. The van der Waals surface area contributed by atoms with Crippen LogP contribution >= 0.6 is 0 Å². The molecular weight excluding hydrogens is 504 g/mol. The van der Waals surface area contributed by atoms with Gasteiger partial charge in [-0.2, -0.15) is 0 Å². The Bertz CT molecular complexity index is 1520. The van der Waals surface area contributed by atoms with Crippen LogP contribution < -0.4 is 14.4 Å². The lowest BCUT2D eigenvalue weighted by atomic mass is 9.92. The number of nitrogens with zero attached hydrogens (tertiary/aromatic N) is 2. The second kappa shape index (κ2) is 13.2. The molecule has 0 saturated heterocycles. The molecule has 0 unspecified atom stereocenters. The molecule has 4 nitrogen and oxygen atoms in total. The Morgan fingerprint density at radius 1 is 0.512 bits per heavy atom. The van der Waals surface area contributed by atoms with Gasteiger partial charge in [-0.3, -0.25) is 0 Å². The molecular formula is C37H38N2O2. The maximum absolute atomic E-state index is 6.05. The van der Waals surface area contributed by atoms with E-state index in [0.717, 1.165) is 58.2 Å². The van der Waals surface area contributed by atoms with E-state index in [9.17, 15) is 0 Å². The van der Waals surface area contributed by atoms with E-state index in [-0.39, 0.29) is 0 Å². The van der Waals surface area contributed by atoms with Crippen LogP contribution in [-0.2, 0) is 0 Å². The second-order valence-electron chi connectivity index (χ2n) is 9.75. The molecule has 0 spiro atoms. The first-order valence-corrected chi connectivity index (χ1v) is 14.6. The second-order valence-corrected chi connectivity index (χ2v) is 9.75. The maximum atomic E-state index is 6.05. The van der Waals surface area contributed by atoms with Crippen molar-refractivity contribution in [3.05, 3.63) is 109 Å². The molecule has 4 heteroatoms. The van der Waals surface area contributed by atoms with Crippen LogP contribution in [-0.4, -0.2) is 31.3 Å². The monoisotopic (exact) mass is 542 g/mol. The van der Waals surface area contributed by atoms with E-state index in [1.165, 1.54) is 16.8 Å². The van der Waals surface area contributed by atoms with Gasteiger partial charge >= 0.3 is 0 Å². The summed E-state index contributed by atoms with van der Waals surface area (Å²) in [6, 6.07) is 38.1. The van der Waals surface area contributed by atoms with Gasteiger partial charge in [-0.05, 0) is 98.5 Å². The Morgan fingerprint density at radius 2 is 1.05 bits per heavy atom. The predicted molar refractivity (Wildman–Crippen MR) is 172 cm³/mol. The van der Waals surface area contributed by atoms with Crippen molar-refractivity contribution < 1.29 is 9.47 Å². The molecule has 41 heavy (non-hydrogen) atoms. The SMILES string of the molecule is CCOc1ccccc1-c1cc(-c2cc(N(CC)CC)ccc2-c2ccccc2)cc(-c2ccccc2OCC)n1. The third-order valence-corrected chi connectivity index (χ3v) is 7.28. The van der Waals surface area contributed by atoms with E-state index in [2.05, 4.69) is 91.5 Å². The van der Waals surface area contributed by atoms with Gasteiger partial charge in [0.15, 0.2) is 0 Å². The third-order valence-electron chi connectivity index (χ3n) is 7.28. The summed E-state index contributed by atoms with van der Waals surface area (Å²) in [5, 5.41) is 0. The summed E-state index contributed by atoms with van der Waals surface area (Å²) in [4.78, 5) is 7.59. The Labute approximate surface area is 244 Å². The smallest absolute Gasteiger partial charge is 0.128 e. The molecule has 208 valence electrons. The fourth-order valence-electron chi connectivity index (χ4n) is 5.31. The highest BCUT2D eigenvalue weighted by molar-refractivity contribution is 5.89. The van der Waals surface area contributed by atoms with E-state index < -0.39 is 0 Å². The normalized spacial score (nSPS) is 10.8. The number of ether oxygens (including phenoxy) is 2. The van der Waals surface area contributed by atoms with Crippen molar-refractivity contribution in [2.75, 3.05) is 31.2 Å². The molecule has 4 aromatic carbocycles. The fraction of sp³-hybridized carbons (Fsp3) is 0.216. The fourth-order valence-corrected chi connectivity index (χ4v) is 5.31. The number of aromatic nitrogens is 1. The summed E-state index contributed by atoms with van der Waals surface area (Å²) in [7, 11) is 0. The van der Waals surface area contributed by atoms with Gasteiger partial charge in [-0.15, -0.1) is 0 Å². The Kier molecular flexibility index (Phi) is 9.00. The van der Waals surface area contributed by atoms with Crippen molar-refractivity contribution in [2.24, 2.45) is 0 Å². The minimum Gasteiger partial charge on any atom is -0.493 e. The molecule has 1 heterocycles. The van der Waals surface area contributed by atoms with Gasteiger partial charge in [0.2, 0.25) is 0 Å². The molecule has 0 fully saturated rings. The highest BCUT2D eigenvalue weighted by atomic mass is 16.5. The summed E-state index contributed by atoms with van der Waals surface area (Å²) in [5.74, 6) is 1.65. The Hall–Kier alpha value is -4.57. The van der Waals surface area contributed by atoms with Gasteiger partial charge in [0.05, 0.1) is 24.6 Å². The lowest BCUT2D eigenvalue weighted by Gasteiger charge is -2.23. The summed E-state index contributed by atoms with van der Waals surface area (Å²) >= 11 is 0. The van der Waals surface area contributed by atoms with Gasteiger partial charge in [0.1, 0.15) is 11.5 Å². The van der Waals surface area contributed by atoms with Crippen LogP contribution in [0, 0.1) is 0 Å². The molecule has 0 saturated carbocycles. The molecule has 0 aliphatic carbocycles. The van der Waals surface area contributed by atoms with Crippen molar-refractivity contribution in [2.45, 2.75) is 27.7 Å². The zero-order valence-corrected chi connectivity index (χ0v) is 24.4. The van der Waals surface area contributed by atoms with Gasteiger partial charge in [-0.1, -0.05) is 60.7 Å². The number of hydrogen-bond donors (Lipinski definition) is 0. The van der Waals surface area contributed by atoms with Crippen molar-refractivity contribution in [3.63, 3.8) is 0 Å². The highest BCUT2D eigenvalue weighted by Crippen LogP contribution is 2.41. The van der Waals surface area contributed by atoms with E-state index in [0.29, 0.717) is 13.2 Å². The van der Waals surface area contributed by atoms with E-state index >= 15 is 0 Å². The first kappa shape index (κ1) is 28.0. The summed E-state index contributed by atoms with van der Waals surface area (Å²) in [5.41, 5.74) is 9.47. The average Bonchev–Trinajstić information content (AvgIpc) is 3.03. The summed E-state index contributed by atoms with van der Waals surface area (Å²) < 4.78 is 12.1. The largest absolute Gasteiger partial charge is 0.493 e. The molecule has 0 radical (unpaired) electrons. The van der Waals surface area contributed by atoms with Crippen LogP contribution in [0.15, 0.2) is 109 Å². The topological polar surface area (TPSA) is 34.6 Å². The van der Waals surface area contributed by atoms with Crippen molar-refractivity contribution in [1.29, 1.82) is 0 Å². The summed E-state index contributed by atoms with van der Waals surface area (Å²) in [6.45, 7) is 11.5. The van der Waals surface area contributed by atoms with Crippen molar-refractivity contribution >= 4 is 5.69 Å². The lowest BCUT2D eigenvalue weighted by molar-refractivity contribution is 0.341. The standard InChI is InChI=1S/C37H38N2O2/c1-5-39(6-2)29-22-23-30(27-16-10-9-11-17-27)33(26-29)28-24-34(31-18-12-14-20-36(31)40-7-3)38-35(25-28)32-19-13-15-21-37(32)41-8-4/h9-26H,5-8H2,1-4H3. The first-order chi connectivity index (χ1) is 20.2. The number of benzene rings is 4. The van der Waals surface area contributed by atoms with Crippen molar-refractivity contribution in [3.8, 4) is 56.3 Å². The third kappa shape index (κ3) is 6.12. The molecule has 1 aromatic heterocycles. The molecule has 5 aromatic rings.